The van der Waals surface area contributed by atoms with Crippen molar-refractivity contribution in [1.29, 1.82) is 0 Å². The maximum Gasteiger partial charge on any atom is 0.251 e. The topological polar surface area (TPSA) is 174 Å². The van der Waals surface area contributed by atoms with Crippen LogP contribution in [0.15, 0.2) is 53.4 Å². The highest BCUT2D eigenvalue weighted by atomic mass is 32.2. The van der Waals surface area contributed by atoms with Gasteiger partial charge in [-0.15, -0.1) is 0 Å². The average Bonchev–Trinajstić information content (AvgIpc) is 2.92. The summed E-state index contributed by atoms with van der Waals surface area (Å²) in [6.07, 6.45) is 1.58. The van der Waals surface area contributed by atoms with Crippen LogP contribution in [0.1, 0.15) is 42.1 Å². The van der Waals surface area contributed by atoms with Gasteiger partial charge in [-0.3, -0.25) is 9.59 Å². The van der Waals surface area contributed by atoms with Gasteiger partial charge in [0.15, 0.2) is 15.6 Å². The first-order valence-corrected chi connectivity index (χ1v) is 14.0. The summed E-state index contributed by atoms with van der Waals surface area (Å²) < 4.78 is 31.4. The Balaban J connectivity index is 1.80. The molecule has 0 saturated carbocycles. The molecule has 2 aromatic rings. The van der Waals surface area contributed by atoms with E-state index in [1.54, 1.807) is 12.1 Å². The number of ketones is 1. The SMILES string of the molecule is CCCCC(N)C(N)S(=O)(=O)c1ccc(C(=O)[C@H](Cc2ccc(O)cc2)NC(=O)C2CNCCO2)cc1. The Morgan fingerprint density at radius 1 is 1.14 bits per heavy atom. The van der Waals surface area contributed by atoms with Crippen molar-refractivity contribution in [2.75, 3.05) is 19.7 Å². The number of phenols is 1. The third-order valence-electron chi connectivity index (χ3n) is 6.37. The molecule has 1 amide bonds. The number of nitrogens with two attached hydrogens (primary N) is 2. The van der Waals surface area contributed by atoms with Crippen LogP contribution in [0, 0.1) is 0 Å². The van der Waals surface area contributed by atoms with E-state index in [1.165, 1.54) is 36.4 Å². The van der Waals surface area contributed by atoms with Crippen LogP contribution in [-0.4, -0.2) is 68.5 Å². The first-order valence-electron chi connectivity index (χ1n) is 12.4. The molecule has 3 rings (SSSR count). The van der Waals surface area contributed by atoms with Crippen molar-refractivity contribution in [3.63, 3.8) is 0 Å². The molecule has 11 heteroatoms. The number of phenolic OH excluding ortho intramolecular Hbond substituents is 1. The van der Waals surface area contributed by atoms with Gasteiger partial charge < -0.3 is 31.9 Å². The van der Waals surface area contributed by atoms with Crippen molar-refractivity contribution in [3.05, 3.63) is 59.7 Å². The van der Waals surface area contributed by atoms with Crippen molar-refractivity contribution in [1.82, 2.24) is 10.6 Å². The number of nitrogens with one attached hydrogen (secondary N) is 2. The summed E-state index contributed by atoms with van der Waals surface area (Å²) in [6, 6.07) is 10.2. The average molecular weight is 533 g/mol. The Bertz CT molecular complexity index is 1150. The van der Waals surface area contributed by atoms with Crippen LogP contribution < -0.4 is 22.1 Å². The number of rotatable bonds is 12. The predicted molar refractivity (Wildman–Crippen MR) is 140 cm³/mol. The summed E-state index contributed by atoms with van der Waals surface area (Å²) in [7, 11) is -3.89. The van der Waals surface area contributed by atoms with Crippen LogP contribution in [0.5, 0.6) is 5.75 Å². The zero-order chi connectivity index (χ0) is 27.0. The van der Waals surface area contributed by atoms with E-state index in [1.807, 2.05) is 6.92 Å². The molecule has 1 aliphatic rings. The number of benzene rings is 2. The van der Waals surface area contributed by atoms with Crippen molar-refractivity contribution in [2.45, 2.75) is 61.1 Å². The summed E-state index contributed by atoms with van der Waals surface area (Å²) in [4.78, 5) is 26.2. The van der Waals surface area contributed by atoms with E-state index in [-0.39, 0.29) is 22.6 Å². The minimum atomic E-state index is -3.89. The standard InChI is InChI=1S/C26H36N4O6S/c1-2-3-4-21(27)25(28)37(34,35)20-11-7-18(8-12-20)24(32)22(15-17-5-9-19(31)10-6-17)30-26(33)23-16-29-13-14-36-23/h5-12,21-23,25,29,31H,2-4,13-16,27-28H2,1H3,(H,30,33)/t21?,22-,23?,25?/m0/s1. The van der Waals surface area contributed by atoms with Gasteiger partial charge in [0, 0.05) is 31.1 Å². The molecule has 2 aromatic carbocycles. The Hall–Kier alpha value is -2.83. The Kier molecular flexibility index (Phi) is 10.2. The van der Waals surface area contributed by atoms with Gasteiger partial charge >= 0.3 is 0 Å². The molecule has 0 aliphatic carbocycles. The molecule has 1 heterocycles. The third kappa shape index (κ3) is 7.59. The highest BCUT2D eigenvalue weighted by Gasteiger charge is 2.31. The number of hydrogen-bond donors (Lipinski definition) is 5. The maximum absolute atomic E-state index is 13.4. The number of sulfone groups is 1. The van der Waals surface area contributed by atoms with Crippen LogP contribution in [-0.2, 0) is 25.8 Å². The normalized spacial score (nSPS) is 18.5. The molecule has 7 N–H and O–H groups in total. The summed E-state index contributed by atoms with van der Waals surface area (Å²) >= 11 is 0. The van der Waals surface area contributed by atoms with Crippen LogP contribution >= 0.6 is 0 Å². The van der Waals surface area contributed by atoms with E-state index in [0.717, 1.165) is 18.4 Å². The Labute approximate surface area is 217 Å². The number of hydrogen-bond acceptors (Lipinski definition) is 9. The van der Waals surface area contributed by atoms with Gasteiger partial charge in [0.25, 0.3) is 5.91 Å². The minimum Gasteiger partial charge on any atom is -0.508 e. The van der Waals surface area contributed by atoms with Crippen molar-refractivity contribution in [3.8, 4) is 5.75 Å². The quantitative estimate of drug-likeness (QED) is 0.248. The van der Waals surface area contributed by atoms with Gasteiger partial charge in [0.2, 0.25) is 0 Å². The maximum atomic E-state index is 13.4. The summed E-state index contributed by atoms with van der Waals surface area (Å²) in [5.41, 5.74) is 12.9. The molecule has 3 unspecified atom stereocenters. The fraction of sp³-hybridized carbons (Fsp3) is 0.462. The zero-order valence-electron chi connectivity index (χ0n) is 20.9. The highest BCUT2D eigenvalue weighted by Crippen LogP contribution is 2.20. The summed E-state index contributed by atoms with van der Waals surface area (Å²) in [5, 5.41) is 14.2. The first-order chi connectivity index (χ1) is 17.6. The number of morpholine rings is 1. The minimum absolute atomic E-state index is 0.0238. The molecular weight excluding hydrogens is 496 g/mol. The smallest absolute Gasteiger partial charge is 0.251 e. The zero-order valence-corrected chi connectivity index (χ0v) is 21.7. The number of carbonyl (C=O) groups excluding carboxylic acids is 2. The van der Waals surface area contributed by atoms with Crippen molar-refractivity contribution < 1.29 is 27.9 Å². The Morgan fingerprint density at radius 3 is 2.41 bits per heavy atom. The molecule has 0 spiro atoms. The molecule has 0 bridgehead atoms. The van der Waals surface area contributed by atoms with E-state index < -0.39 is 45.1 Å². The lowest BCUT2D eigenvalue weighted by molar-refractivity contribution is -0.134. The number of carbonyl (C=O) groups is 2. The fourth-order valence-electron chi connectivity index (χ4n) is 4.08. The molecule has 1 saturated heterocycles. The van der Waals surface area contributed by atoms with E-state index in [9.17, 15) is 23.1 Å². The van der Waals surface area contributed by atoms with Crippen molar-refractivity contribution in [2.24, 2.45) is 11.5 Å². The molecule has 202 valence electrons. The number of amides is 1. The number of aromatic hydroxyl groups is 1. The van der Waals surface area contributed by atoms with E-state index in [4.69, 9.17) is 16.2 Å². The van der Waals surface area contributed by atoms with Gasteiger partial charge in [-0.2, -0.15) is 0 Å². The second kappa shape index (κ2) is 13.1. The van der Waals surface area contributed by atoms with Gasteiger partial charge in [0.05, 0.1) is 17.5 Å². The number of unbranched alkanes of at least 4 members (excludes halogenated alkanes) is 1. The molecule has 0 aromatic heterocycles. The van der Waals surface area contributed by atoms with Gasteiger partial charge in [-0.1, -0.05) is 44.0 Å². The molecule has 0 radical (unpaired) electrons. The molecule has 37 heavy (non-hydrogen) atoms. The monoisotopic (exact) mass is 532 g/mol. The van der Waals surface area contributed by atoms with E-state index in [2.05, 4.69) is 10.6 Å². The Morgan fingerprint density at radius 2 is 1.81 bits per heavy atom. The second-order valence-corrected chi connectivity index (χ2v) is 11.3. The van der Waals surface area contributed by atoms with Crippen molar-refractivity contribution >= 4 is 21.5 Å². The van der Waals surface area contributed by atoms with Gasteiger partial charge in [-0.05, 0) is 36.2 Å². The molecule has 10 nitrogen and oxygen atoms in total. The van der Waals surface area contributed by atoms with Gasteiger partial charge in [0.1, 0.15) is 17.2 Å². The fourth-order valence-corrected chi connectivity index (χ4v) is 5.50. The van der Waals surface area contributed by atoms with Gasteiger partial charge in [-0.25, -0.2) is 8.42 Å². The lowest BCUT2D eigenvalue weighted by Gasteiger charge is -2.25. The second-order valence-electron chi connectivity index (χ2n) is 9.20. The lowest BCUT2D eigenvalue weighted by atomic mass is 9.97. The largest absolute Gasteiger partial charge is 0.508 e. The third-order valence-corrected chi connectivity index (χ3v) is 8.36. The molecule has 1 aliphatic heterocycles. The van der Waals surface area contributed by atoms with E-state index >= 15 is 0 Å². The molecule has 4 atom stereocenters. The predicted octanol–water partition coefficient (Wildman–Crippen LogP) is 0.867. The van der Waals surface area contributed by atoms with E-state index in [0.29, 0.717) is 26.1 Å². The number of Topliss-reactive ketones (excluding diaryl/α,β-unsaturated/α-hetero) is 1. The summed E-state index contributed by atoms with van der Waals surface area (Å²) in [5.74, 6) is -0.726. The lowest BCUT2D eigenvalue weighted by Crippen LogP contribution is -2.52. The number of ether oxygens (including phenoxy) is 1. The highest BCUT2D eigenvalue weighted by molar-refractivity contribution is 7.92. The summed E-state index contributed by atoms with van der Waals surface area (Å²) in [6.45, 7) is 3.34. The van der Waals surface area contributed by atoms with Crippen LogP contribution in [0.25, 0.3) is 0 Å². The van der Waals surface area contributed by atoms with Crippen LogP contribution in [0.4, 0.5) is 0 Å². The van der Waals surface area contributed by atoms with Crippen LogP contribution in [0.3, 0.4) is 0 Å². The van der Waals surface area contributed by atoms with Crippen LogP contribution in [0.2, 0.25) is 0 Å². The first kappa shape index (κ1) is 28.7. The molecule has 1 fully saturated rings. The molecular formula is C26H36N4O6S.